The van der Waals surface area contributed by atoms with Gasteiger partial charge >= 0.3 is 0 Å². The van der Waals surface area contributed by atoms with Gasteiger partial charge in [0.15, 0.2) is 5.69 Å². The van der Waals surface area contributed by atoms with E-state index < -0.39 is 0 Å². The Hall–Kier alpha value is -2.67. The lowest BCUT2D eigenvalue weighted by molar-refractivity contribution is 0.0696. The number of likely N-dealkylation sites (tertiary alicyclic amines) is 2. The molecule has 2 atom stereocenters. The molecule has 0 radical (unpaired) electrons. The lowest BCUT2D eigenvalue weighted by Gasteiger charge is -2.32. The fraction of sp³-hybridized carbons (Fsp3) is 0.476. The molecule has 0 spiro atoms. The number of hydrogen-bond acceptors (Lipinski definition) is 5. The number of carbonyl (C=O) groups is 2. The average Bonchev–Trinajstić information content (AvgIpc) is 3.33. The van der Waals surface area contributed by atoms with Crippen LogP contribution in [0.2, 0.25) is 0 Å². The second-order valence-electron chi connectivity index (χ2n) is 8.36. The molecule has 0 unspecified atom stereocenters. The van der Waals surface area contributed by atoms with Gasteiger partial charge in [-0.3, -0.25) is 9.59 Å². The van der Waals surface area contributed by atoms with Crippen LogP contribution in [-0.2, 0) is 0 Å². The van der Waals surface area contributed by atoms with E-state index >= 15 is 0 Å². The Morgan fingerprint density at radius 1 is 1.14 bits per heavy atom. The highest BCUT2D eigenvalue weighted by molar-refractivity contribution is 5.95. The summed E-state index contributed by atoms with van der Waals surface area (Å²) >= 11 is 0. The Kier molecular flexibility index (Phi) is 4.71. The van der Waals surface area contributed by atoms with Gasteiger partial charge in [0.1, 0.15) is 5.76 Å². The van der Waals surface area contributed by atoms with E-state index in [0.717, 1.165) is 6.54 Å². The van der Waals surface area contributed by atoms with Crippen molar-refractivity contribution in [3.05, 3.63) is 53.4 Å². The minimum absolute atomic E-state index is 0.0677. The van der Waals surface area contributed by atoms with Crippen LogP contribution in [0.1, 0.15) is 26.6 Å². The third-order valence-electron chi connectivity index (χ3n) is 5.83. The molecule has 7 heteroatoms. The van der Waals surface area contributed by atoms with Crippen LogP contribution in [0, 0.1) is 18.3 Å². The molecule has 148 valence electrons. The lowest BCUT2D eigenvalue weighted by Crippen LogP contribution is -2.43. The van der Waals surface area contributed by atoms with Crippen LogP contribution in [-0.4, -0.2) is 78.5 Å². The van der Waals surface area contributed by atoms with Crippen LogP contribution >= 0.6 is 0 Å². The molecule has 0 aliphatic carbocycles. The van der Waals surface area contributed by atoms with Gasteiger partial charge in [0.25, 0.3) is 11.8 Å². The highest BCUT2D eigenvalue weighted by Crippen LogP contribution is 2.43. The van der Waals surface area contributed by atoms with E-state index in [4.69, 9.17) is 4.52 Å². The van der Waals surface area contributed by atoms with Crippen molar-refractivity contribution in [3.8, 4) is 0 Å². The summed E-state index contributed by atoms with van der Waals surface area (Å²) in [5.41, 5.74) is 0.950. The second-order valence-corrected chi connectivity index (χ2v) is 8.36. The number of nitrogens with zero attached hydrogens (tertiary/aromatic N) is 4. The van der Waals surface area contributed by atoms with Gasteiger partial charge in [0, 0.05) is 55.7 Å². The summed E-state index contributed by atoms with van der Waals surface area (Å²) in [5, 5.41) is 3.88. The van der Waals surface area contributed by atoms with Crippen molar-refractivity contribution < 1.29 is 14.1 Å². The van der Waals surface area contributed by atoms with Crippen molar-refractivity contribution >= 4 is 11.8 Å². The van der Waals surface area contributed by atoms with E-state index in [2.05, 4.69) is 10.1 Å². The zero-order valence-corrected chi connectivity index (χ0v) is 16.6. The Bertz CT molecular complexity index is 879. The van der Waals surface area contributed by atoms with E-state index in [1.54, 1.807) is 13.0 Å². The van der Waals surface area contributed by atoms with Gasteiger partial charge in [0.05, 0.1) is 0 Å². The Morgan fingerprint density at radius 3 is 2.36 bits per heavy atom. The number of rotatable bonds is 4. The van der Waals surface area contributed by atoms with E-state index in [0.29, 0.717) is 43.2 Å². The van der Waals surface area contributed by atoms with E-state index in [-0.39, 0.29) is 23.1 Å². The summed E-state index contributed by atoms with van der Waals surface area (Å²) in [4.78, 5) is 31.8. The monoisotopic (exact) mass is 382 g/mol. The Labute approximate surface area is 164 Å². The van der Waals surface area contributed by atoms with Gasteiger partial charge in [0.2, 0.25) is 0 Å². The van der Waals surface area contributed by atoms with E-state index in [9.17, 15) is 9.59 Å². The summed E-state index contributed by atoms with van der Waals surface area (Å²) in [6.45, 7) is 5.20. The summed E-state index contributed by atoms with van der Waals surface area (Å²) in [6.07, 6.45) is 0. The van der Waals surface area contributed by atoms with E-state index in [1.165, 1.54) is 0 Å². The van der Waals surface area contributed by atoms with Crippen LogP contribution in [0.5, 0.6) is 0 Å². The minimum atomic E-state index is -0.123. The number of hydrogen-bond donors (Lipinski definition) is 0. The molecule has 0 bridgehead atoms. The molecule has 0 N–H and O–H groups in total. The number of aromatic nitrogens is 1. The molecule has 4 rings (SSSR count). The third-order valence-corrected chi connectivity index (χ3v) is 5.83. The van der Waals surface area contributed by atoms with Crippen molar-refractivity contribution in [1.82, 2.24) is 19.9 Å². The molecule has 2 aromatic rings. The van der Waals surface area contributed by atoms with Crippen LogP contribution in [0.15, 0.2) is 40.9 Å². The first-order valence-electron chi connectivity index (χ1n) is 9.60. The number of benzene rings is 1. The zero-order valence-electron chi connectivity index (χ0n) is 16.6. The first-order valence-corrected chi connectivity index (χ1v) is 9.60. The molecular formula is C21H26N4O3. The van der Waals surface area contributed by atoms with Gasteiger partial charge in [-0.15, -0.1) is 0 Å². The normalized spacial score (nSPS) is 24.1. The molecular weight excluding hydrogens is 356 g/mol. The van der Waals surface area contributed by atoms with E-state index in [1.807, 2.05) is 54.2 Å². The zero-order chi connectivity index (χ0) is 19.9. The first kappa shape index (κ1) is 18.7. The van der Waals surface area contributed by atoms with Crippen molar-refractivity contribution in [1.29, 1.82) is 0 Å². The summed E-state index contributed by atoms with van der Waals surface area (Å²) < 4.78 is 5.07. The van der Waals surface area contributed by atoms with Crippen molar-refractivity contribution in [2.45, 2.75) is 6.92 Å². The topological polar surface area (TPSA) is 69.9 Å². The van der Waals surface area contributed by atoms with Crippen molar-refractivity contribution in [2.75, 3.05) is 46.8 Å². The first-order chi connectivity index (χ1) is 13.4. The molecule has 2 saturated heterocycles. The van der Waals surface area contributed by atoms with Gasteiger partial charge in [-0.25, -0.2) is 0 Å². The molecule has 7 nitrogen and oxygen atoms in total. The highest BCUT2D eigenvalue weighted by Gasteiger charge is 2.54. The second kappa shape index (κ2) is 7.05. The maximum absolute atomic E-state index is 13.0. The molecule has 28 heavy (non-hydrogen) atoms. The van der Waals surface area contributed by atoms with Crippen molar-refractivity contribution in [3.63, 3.8) is 0 Å². The summed E-state index contributed by atoms with van der Waals surface area (Å²) in [5.74, 6) is 0.855. The van der Waals surface area contributed by atoms with Crippen LogP contribution in [0.3, 0.4) is 0 Å². The molecule has 2 fully saturated rings. The quantitative estimate of drug-likeness (QED) is 0.806. The van der Waals surface area contributed by atoms with Gasteiger partial charge in [-0.05, 0) is 33.2 Å². The largest absolute Gasteiger partial charge is 0.361 e. The third kappa shape index (κ3) is 3.30. The molecule has 2 amide bonds. The van der Waals surface area contributed by atoms with Gasteiger partial charge in [-0.2, -0.15) is 0 Å². The van der Waals surface area contributed by atoms with Crippen LogP contribution < -0.4 is 0 Å². The predicted molar refractivity (Wildman–Crippen MR) is 104 cm³/mol. The Morgan fingerprint density at radius 2 is 1.79 bits per heavy atom. The predicted octanol–water partition coefficient (Wildman–Crippen LogP) is 1.76. The van der Waals surface area contributed by atoms with Gasteiger partial charge in [-0.1, -0.05) is 23.4 Å². The fourth-order valence-corrected chi connectivity index (χ4v) is 4.74. The molecule has 3 heterocycles. The number of amides is 2. The summed E-state index contributed by atoms with van der Waals surface area (Å²) in [7, 11) is 4.08. The maximum Gasteiger partial charge on any atom is 0.276 e. The van der Waals surface area contributed by atoms with Crippen LogP contribution in [0.25, 0.3) is 0 Å². The van der Waals surface area contributed by atoms with Gasteiger partial charge < -0.3 is 19.2 Å². The number of carbonyl (C=O) groups excluding carboxylic acids is 2. The summed E-state index contributed by atoms with van der Waals surface area (Å²) in [6, 6.07) is 11.1. The maximum atomic E-state index is 13.0. The highest BCUT2D eigenvalue weighted by atomic mass is 16.5. The number of aryl methyl sites for hydroxylation is 1. The minimum Gasteiger partial charge on any atom is -0.361 e. The molecule has 1 aromatic heterocycles. The SMILES string of the molecule is Cc1cc(C(=O)N2C[C@H]3CN(C(=O)c4ccccc4)C[C@@]3(CN(C)C)C2)no1. The molecule has 2 aliphatic rings. The molecule has 0 saturated carbocycles. The average molecular weight is 382 g/mol. The molecule has 1 aromatic carbocycles. The smallest absolute Gasteiger partial charge is 0.276 e. The molecule has 2 aliphatic heterocycles. The van der Waals surface area contributed by atoms with Crippen LogP contribution in [0.4, 0.5) is 0 Å². The fourth-order valence-electron chi connectivity index (χ4n) is 4.74. The standard InChI is InChI=1S/C21H26N4O3/c1-15-9-18(22-28-15)20(27)25-11-17-10-24(13-21(17,14-25)12-23(2)3)19(26)16-7-5-4-6-8-16/h4-9,17H,10-14H2,1-3H3/t17-,21+/m1/s1. The van der Waals surface area contributed by atoms with Crippen molar-refractivity contribution in [2.24, 2.45) is 11.3 Å². The Balaban J connectivity index is 1.54. The number of fused-ring (bicyclic) bond motifs is 1. The lowest BCUT2D eigenvalue weighted by atomic mass is 9.80.